The van der Waals surface area contributed by atoms with E-state index in [0.717, 1.165) is 21.9 Å². The van der Waals surface area contributed by atoms with Crippen molar-refractivity contribution < 1.29 is 13.2 Å². The van der Waals surface area contributed by atoms with E-state index in [1.54, 1.807) is 41.1 Å². The van der Waals surface area contributed by atoms with Gasteiger partial charge >= 0.3 is 0 Å². The van der Waals surface area contributed by atoms with Gasteiger partial charge in [-0.05, 0) is 44.2 Å². The molecule has 0 aliphatic rings. The lowest BCUT2D eigenvalue weighted by Crippen LogP contribution is -2.26. The summed E-state index contributed by atoms with van der Waals surface area (Å²) in [7, 11) is -2.02. The molecule has 0 fully saturated rings. The zero-order chi connectivity index (χ0) is 20.5. The van der Waals surface area contributed by atoms with Crippen LogP contribution in [-0.4, -0.2) is 42.4 Å². The molecule has 1 amide bonds. The summed E-state index contributed by atoms with van der Waals surface area (Å²) in [6, 6.07) is 12.0. The zero-order valence-corrected chi connectivity index (χ0v) is 16.9. The molecule has 0 atom stereocenters. The monoisotopic (exact) mass is 399 g/mol. The number of anilines is 2. The first-order valence-corrected chi connectivity index (χ1v) is 10.4. The number of aryl methyl sites for hydroxylation is 2. The Kier molecular flexibility index (Phi) is 5.19. The van der Waals surface area contributed by atoms with Crippen LogP contribution in [0, 0.1) is 13.8 Å². The Morgan fingerprint density at radius 2 is 1.86 bits per heavy atom. The Bertz CT molecular complexity index is 1120. The van der Waals surface area contributed by atoms with Gasteiger partial charge in [-0.15, -0.1) is 0 Å². The van der Waals surface area contributed by atoms with Crippen molar-refractivity contribution in [3.05, 3.63) is 65.6 Å². The number of benzene rings is 1. The standard InChI is InChI=1S/C19H21N5O3S/c1-13-11-14(2)24(22-13)18-10-9-15(12-20-18)19(25)21-16-7-5-6-8-17(16)23(3)28(4,26)27/h5-12H,1-4H3,(H,21,25). The maximum Gasteiger partial charge on any atom is 0.257 e. The molecule has 3 rings (SSSR count). The molecule has 0 aliphatic heterocycles. The minimum atomic E-state index is -3.46. The SMILES string of the molecule is Cc1cc(C)n(-c2ccc(C(=O)Nc3ccccc3N(C)S(C)(=O)=O)cn2)n1. The quantitative estimate of drug-likeness (QED) is 0.711. The largest absolute Gasteiger partial charge is 0.320 e. The average molecular weight is 399 g/mol. The van der Waals surface area contributed by atoms with Gasteiger partial charge in [-0.1, -0.05) is 12.1 Å². The molecule has 0 saturated carbocycles. The first-order valence-electron chi connectivity index (χ1n) is 8.51. The number of amides is 1. The fourth-order valence-electron chi connectivity index (χ4n) is 2.73. The third-order valence-corrected chi connectivity index (χ3v) is 5.42. The minimum Gasteiger partial charge on any atom is -0.320 e. The highest BCUT2D eigenvalue weighted by Crippen LogP contribution is 2.26. The van der Waals surface area contributed by atoms with Crippen molar-refractivity contribution in [1.29, 1.82) is 0 Å². The van der Waals surface area contributed by atoms with Crippen molar-refractivity contribution in [3.8, 4) is 5.82 Å². The Balaban J connectivity index is 1.84. The fraction of sp³-hybridized carbons (Fsp3) is 0.211. The third kappa shape index (κ3) is 4.04. The number of carbonyl (C=O) groups is 1. The van der Waals surface area contributed by atoms with E-state index in [1.807, 2.05) is 19.9 Å². The Morgan fingerprint density at radius 1 is 1.14 bits per heavy atom. The van der Waals surface area contributed by atoms with Gasteiger partial charge < -0.3 is 5.32 Å². The van der Waals surface area contributed by atoms with Crippen molar-refractivity contribution >= 4 is 27.3 Å². The average Bonchev–Trinajstić information content (AvgIpc) is 2.99. The second-order valence-electron chi connectivity index (χ2n) is 6.45. The molecule has 0 spiro atoms. The minimum absolute atomic E-state index is 0.349. The number of pyridine rings is 1. The van der Waals surface area contributed by atoms with Crippen LogP contribution >= 0.6 is 0 Å². The van der Waals surface area contributed by atoms with Gasteiger partial charge in [0.25, 0.3) is 5.91 Å². The van der Waals surface area contributed by atoms with Gasteiger partial charge in [0.05, 0.1) is 28.9 Å². The summed E-state index contributed by atoms with van der Waals surface area (Å²) in [5.41, 5.74) is 2.95. The molecular weight excluding hydrogens is 378 g/mol. The van der Waals surface area contributed by atoms with Crippen LogP contribution in [0.3, 0.4) is 0 Å². The van der Waals surface area contributed by atoms with Gasteiger partial charge in [-0.25, -0.2) is 18.1 Å². The zero-order valence-electron chi connectivity index (χ0n) is 16.0. The number of sulfonamides is 1. The Labute approximate surface area is 163 Å². The van der Waals surface area contributed by atoms with E-state index in [1.165, 1.54) is 13.2 Å². The van der Waals surface area contributed by atoms with Gasteiger partial charge in [0.2, 0.25) is 10.0 Å². The predicted molar refractivity (Wildman–Crippen MR) is 108 cm³/mol. The van der Waals surface area contributed by atoms with Crippen LogP contribution in [-0.2, 0) is 10.0 Å². The highest BCUT2D eigenvalue weighted by Gasteiger charge is 2.17. The molecule has 0 radical (unpaired) electrons. The molecule has 1 aromatic carbocycles. The Hall–Kier alpha value is -3.20. The summed E-state index contributed by atoms with van der Waals surface area (Å²) in [6.07, 6.45) is 2.57. The lowest BCUT2D eigenvalue weighted by atomic mass is 10.2. The smallest absolute Gasteiger partial charge is 0.257 e. The normalized spacial score (nSPS) is 11.3. The van der Waals surface area contributed by atoms with Crippen LogP contribution in [0.15, 0.2) is 48.7 Å². The second kappa shape index (κ2) is 7.43. The van der Waals surface area contributed by atoms with E-state index in [0.29, 0.717) is 22.8 Å². The number of aromatic nitrogens is 3. The lowest BCUT2D eigenvalue weighted by molar-refractivity contribution is 0.102. The van der Waals surface area contributed by atoms with Gasteiger partial charge in [0.15, 0.2) is 5.82 Å². The number of hydrogen-bond donors (Lipinski definition) is 1. The van der Waals surface area contributed by atoms with E-state index < -0.39 is 10.0 Å². The molecule has 9 heteroatoms. The van der Waals surface area contributed by atoms with Crippen molar-refractivity contribution in [2.24, 2.45) is 0 Å². The molecule has 3 aromatic rings. The molecule has 1 N–H and O–H groups in total. The summed E-state index contributed by atoms with van der Waals surface area (Å²) >= 11 is 0. The van der Waals surface area contributed by atoms with Crippen molar-refractivity contribution in [2.45, 2.75) is 13.8 Å². The number of nitrogens with zero attached hydrogens (tertiary/aromatic N) is 4. The molecule has 2 heterocycles. The van der Waals surface area contributed by atoms with Crippen LogP contribution in [0.2, 0.25) is 0 Å². The lowest BCUT2D eigenvalue weighted by Gasteiger charge is -2.20. The molecule has 8 nitrogen and oxygen atoms in total. The Morgan fingerprint density at radius 3 is 2.43 bits per heavy atom. The van der Waals surface area contributed by atoms with Crippen LogP contribution in [0.1, 0.15) is 21.7 Å². The van der Waals surface area contributed by atoms with E-state index in [4.69, 9.17) is 0 Å². The molecule has 146 valence electrons. The maximum absolute atomic E-state index is 12.6. The first-order chi connectivity index (χ1) is 13.2. The summed E-state index contributed by atoms with van der Waals surface area (Å²) in [6.45, 7) is 3.83. The van der Waals surface area contributed by atoms with Crippen LogP contribution in [0.25, 0.3) is 5.82 Å². The van der Waals surface area contributed by atoms with Crippen LogP contribution < -0.4 is 9.62 Å². The number of nitrogens with one attached hydrogen (secondary N) is 1. The second-order valence-corrected chi connectivity index (χ2v) is 8.46. The number of para-hydroxylation sites is 2. The molecule has 2 aromatic heterocycles. The van der Waals surface area contributed by atoms with E-state index in [-0.39, 0.29) is 5.91 Å². The van der Waals surface area contributed by atoms with Crippen molar-refractivity contribution in [1.82, 2.24) is 14.8 Å². The topological polar surface area (TPSA) is 97.2 Å². The van der Waals surface area contributed by atoms with Gasteiger partial charge in [0.1, 0.15) is 0 Å². The van der Waals surface area contributed by atoms with Crippen molar-refractivity contribution in [2.75, 3.05) is 22.9 Å². The highest BCUT2D eigenvalue weighted by molar-refractivity contribution is 7.92. The maximum atomic E-state index is 12.6. The molecule has 0 bridgehead atoms. The van der Waals surface area contributed by atoms with Gasteiger partial charge in [0, 0.05) is 18.9 Å². The summed E-state index contributed by atoms with van der Waals surface area (Å²) in [5.74, 6) is 0.223. The molecule has 0 saturated heterocycles. The van der Waals surface area contributed by atoms with Gasteiger partial charge in [-0.3, -0.25) is 9.10 Å². The van der Waals surface area contributed by atoms with E-state index in [2.05, 4.69) is 15.4 Å². The number of rotatable bonds is 5. The molecule has 28 heavy (non-hydrogen) atoms. The summed E-state index contributed by atoms with van der Waals surface area (Å²) < 4.78 is 26.5. The van der Waals surface area contributed by atoms with Crippen LogP contribution in [0.4, 0.5) is 11.4 Å². The van der Waals surface area contributed by atoms with Crippen LogP contribution in [0.5, 0.6) is 0 Å². The fourth-order valence-corrected chi connectivity index (χ4v) is 3.25. The first kappa shape index (κ1) is 19.6. The van der Waals surface area contributed by atoms with E-state index >= 15 is 0 Å². The molecule has 0 unspecified atom stereocenters. The number of carbonyl (C=O) groups excluding carboxylic acids is 1. The van der Waals surface area contributed by atoms with Crippen molar-refractivity contribution in [3.63, 3.8) is 0 Å². The highest BCUT2D eigenvalue weighted by atomic mass is 32.2. The molecule has 0 aliphatic carbocycles. The molecular formula is C19H21N5O3S. The number of hydrogen-bond acceptors (Lipinski definition) is 5. The third-order valence-electron chi connectivity index (χ3n) is 4.23. The summed E-state index contributed by atoms with van der Waals surface area (Å²) in [5, 5.41) is 7.12. The van der Waals surface area contributed by atoms with E-state index in [9.17, 15) is 13.2 Å². The van der Waals surface area contributed by atoms with Gasteiger partial charge in [-0.2, -0.15) is 5.10 Å². The summed E-state index contributed by atoms with van der Waals surface area (Å²) in [4.78, 5) is 16.9. The predicted octanol–water partition coefficient (Wildman–Crippen LogP) is 2.53.